The van der Waals surface area contributed by atoms with Crippen molar-refractivity contribution in [2.45, 2.75) is 109 Å². The van der Waals surface area contributed by atoms with Crippen LogP contribution in [0.25, 0.3) is 0 Å². The van der Waals surface area contributed by atoms with Crippen LogP contribution in [-0.2, 0) is 28.1 Å². The maximum atomic E-state index is 6.37. The van der Waals surface area contributed by atoms with Crippen LogP contribution < -0.4 is 0 Å². The number of hydrogen-bond acceptors (Lipinski definition) is 7. The van der Waals surface area contributed by atoms with Gasteiger partial charge in [0.05, 0.1) is 18.6 Å². The van der Waals surface area contributed by atoms with E-state index in [9.17, 15) is 0 Å². The zero-order valence-electron chi connectivity index (χ0n) is 18.9. The lowest BCUT2D eigenvalue weighted by molar-refractivity contribution is -0.346. The fraction of sp³-hybridized carbons (Fsp3) is 1.00. The summed E-state index contributed by atoms with van der Waals surface area (Å²) in [5.74, 6) is 0.192. The molecule has 0 bridgehead atoms. The van der Waals surface area contributed by atoms with E-state index in [4.69, 9.17) is 28.1 Å². The highest BCUT2D eigenvalue weighted by Crippen LogP contribution is 2.43. The first-order chi connectivity index (χ1) is 12.7. The summed E-state index contributed by atoms with van der Waals surface area (Å²) in [6, 6.07) is 0. The van der Waals surface area contributed by atoms with Gasteiger partial charge in [-0.2, -0.15) is 0 Å². The lowest BCUT2D eigenvalue weighted by Gasteiger charge is -2.48. The molecule has 5 atom stereocenters. The van der Waals surface area contributed by atoms with Crippen molar-refractivity contribution in [1.29, 1.82) is 0 Å². The molecule has 0 saturated carbocycles. The highest BCUT2D eigenvalue weighted by molar-refractivity contribution is 7.99. The molecule has 6 nitrogen and oxygen atoms in total. The van der Waals surface area contributed by atoms with Crippen molar-refractivity contribution in [2.75, 3.05) is 18.3 Å². The van der Waals surface area contributed by atoms with Crippen LogP contribution in [0.2, 0.25) is 18.1 Å². The molecule has 3 saturated heterocycles. The standard InChI is InChI=1S/C20H38O6SSi/c1-18(2,3)28(8,9)22-12-27-11-14-16-17(26-20(6,7)25-16)15-13(23-14)10-21-19(4,5)24-15/h13-17H,10-12H2,1-9H3/t13-,14+,15-,16-,17+/m1/s1. The molecule has 0 aromatic carbocycles. The lowest BCUT2D eigenvalue weighted by Crippen LogP contribution is -2.63. The molecule has 0 aromatic heterocycles. The molecule has 8 heteroatoms. The van der Waals surface area contributed by atoms with Gasteiger partial charge < -0.3 is 28.1 Å². The van der Waals surface area contributed by atoms with E-state index < -0.39 is 19.9 Å². The third kappa shape index (κ3) is 4.96. The van der Waals surface area contributed by atoms with Gasteiger partial charge in [0.15, 0.2) is 19.9 Å². The van der Waals surface area contributed by atoms with Crippen molar-refractivity contribution < 1.29 is 28.1 Å². The van der Waals surface area contributed by atoms with E-state index in [-0.39, 0.29) is 35.6 Å². The Bertz CT molecular complexity index is 561. The second-order valence-electron chi connectivity index (χ2n) is 10.5. The zero-order chi connectivity index (χ0) is 21.0. The van der Waals surface area contributed by atoms with Gasteiger partial charge in [0.25, 0.3) is 0 Å². The van der Waals surface area contributed by atoms with Gasteiger partial charge in [0.2, 0.25) is 0 Å². The normalized spacial score (nSPS) is 37.4. The van der Waals surface area contributed by atoms with Gasteiger partial charge in [-0.05, 0) is 45.8 Å². The average molecular weight is 435 g/mol. The van der Waals surface area contributed by atoms with Gasteiger partial charge in [-0.25, -0.2) is 0 Å². The molecule has 0 spiro atoms. The van der Waals surface area contributed by atoms with E-state index >= 15 is 0 Å². The van der Waals surface area contributed by atoms with Crippen molar-refractivity contribution in [2.24, 2.45) is 0 Å². The van der Waals surface area contributed by atoms with E-state index in [1.165, 1.54) is 0 Å². The number of ether oxygens (including phenoxy) is 5. The van der Waals surface area contributed by atoms with Crippen LogP contribution >= 0.6 is 11.8 Å². The molecule has 0 unspecified atom stereocenters. The molecule has 0 aromatic rings. The summed E-state index contributed by atoms with van der Waals surface area (Å²) in [7, 11) is -1.74. The first-order valence-corrected chi connectivity index (χ1v) is 14.3. The molecular weight excluding hydrogens is 396 g/mol. The molecule has 3 fully saturated rings. The molecule has 3 rings (SSSR count). The third-order valence-corrected chi connectivity index (χ3v) is 11.7. The molecule has 3 aliphatic heterocycles. The van der Waals surface area contributed by atoms with Crippen LogP contribution in [0.4, 0.5) is 0 Å². The average Bonchev–Trinajstić information content (AvgIpc) is 2.86. The number of hydrogen-bond donors (Lipinski definition) is 0. The van der Waals surface area contributed by atoms with Gasteiger partial charge in [-0.1, -0.05) is 20.8 Å². The first-order valence-electron chi connectivity index (χ1n) is 10.3. The van der Waals surface area contributed by atoms with E-state index in [1.54, 1.807) is 11.8 Å². The van der Waals surface area contributed by atoms with Gasteiger partial charge in [-0.3, -0.25) is 0 Å². The van der Waals surface area contributed by atoms with Gasteiger partial charge in [0, 0.05) is 5.75 Å². The van der Waals surface area contributed by atoms with Crippen molar-refractivity contribution in [3.8, 4) is 0 Å². The Morgan fingerprint density at radius 2 is 1.57 bits per heavy atom. The molecule has 28 heavy (non-hydrogen) atoms. The molecule has 3 heterocycles. The number of thioether (sulfide) groups is 1. The summed E-state index contributed by atoms with van der Waals surface area (Å²) in [6.07, 6.45) is -0.692. The van der Waals surface area contributed by atoms with Crippen molar-refractivity contribution in [3.05, 3.63) is 0 Å². The molecule has 0 aliphatic carbocycles. The van der Waals surface area contributed by atoms with Crippen LogP contribution in [0.15, 0.2) is 0 Å². The highest BCUT2D eigenvalue weighted by atomic mass is 32.2. The molecule has 164 valence electrons. The Balaban J connectivity index is 1.61. The fourth-order valence-electron chi connectivity index (χ4n) is 3.58. The van der Waals surface area contributed by atoms with Gasteiger partial charge in [-0.15, -0.1) is 11.8 Å². The van der Waals surface area contributed by atoms with Gasteiger partial charge in [0.1, 0.15) is 24.4 Å². The quantitative estimate of drug-likeness (QED) is 0.366. The minimum absolute atomic E-state index is 0.0746. The second-order valence-corrected chi connectivity index (χ2v) is 16.3. The second kappa shape index (κ2) is 7.78. The minimum atomic E-state index is -1.74. The summed E-state index contributed by atoms with van der Waals surface area (Å²) in [4.78, 5) is 0. The summed E-state index contributed by atoms with van der Waals surface area (Å²) in [5, 5.41) is 0.212. The first kappa shape index (κ1) is 23.0. The predicted octanol–water partition coefficient (Wildman–Crippen LogP) is 4.14. The monoisotopic (exact) mass is 434 g/mol. The van der Waals surface area contributed by atoms with Crippen LogP contribution in [0, 0.1) is 0 Å². The summed E-state index contributed by atoms with van der Waals surface area (Å²) in [6.45, 7) is 19.6. The van der Waals surface area contributed by atoms with Crippen LogP contribution in [0.5, 0.6) is 0 Å². The molecule has 0 amide bonds. The van der Waals surface area contributed by atoms with Crippen molar-refractivity contribution >= 4 is 20.1 Å². The van der Waals surface area contributed by atoms with E-state index in [0.717, 1.165) is 5.75 Å². The summed E-state index contributed by atoms with van der Waals surface area (Å²) in [5.41, 5.74) is 0. The van der Waals surface area contributed by atoms with E-state index in [1.807, 2.05) is 27.7 Å². The maximum absolute atomic E-state index is 6.37. The van der Waals surface area contributed by atoms with E-state index in [0.29, 0.717) is 12.5 Å². The van der Waals surface area contributed by atoms with Gasteiger partial charge >= 0.3 is 0 Å². The topological polar surface area (TPSA) is 55.4 Å². The Morgan fingerprint density at radius 1 is 0.964 bits per heavy atom. The van der Waals surface area contributed by atoms with Crippen molar-refractivity contribution in [1.82, 2.24) is 0 Å². The lowest BCUT2D eigenvalue weighted by atomic mass is 9.94. The zero-order valence-corrected chi connectivity index (χ0v) is 20.7. The SMILES string of the molecule is CC1(C)O[C@@H]2[C@H](O1)[C@H](CSCO[Si](C)(C)C(C)(C)C)O[C@@H]1COC(C)(C)O[C@@H]21. The smallest absolute Gasteiger partial charge is 0.193 e. The largest absolute Gasteiger partial charge is 0.408 e. The Labute approximate surface area is 175 Å². The van der Waals surface area contributed by atoms with Crippen LogP contribution in [-0.4, -0.2) is 68.7 Å². The summed E-state index contributed by atoms with van der Waals surface area (Å²) < 4.78 is 37.1. The minimum Gasteiger partial charge on any atom is -0.408 e. The number of fused-ring (bicyclic) bond motifs is 3. The van der Waals surface area contributed by atoms with Crippen molar-refractivity contribution in [3.63, 3.8) is 0 Å². The van der Waals surface area contributed by atoms with Crippen LogP contribution in [0.1, 0.15) is 48.5 Å². The Kier molecular flexibility index (Phi) is 6.39. The van der Waals surface area contributed by atoms with E-state index in [2.05, 4.69) is 33.9 Å². The van der Waals surface area contributed by atoms with Crippen LogP contribution in [0.3, 0.4) is 0 Å². The fourth-order valence-corrected chi connectivity index (χ4v) is 6.12. The Hall–Kier alpha value is 0.327. The molecule has 0 N–H and O–H groups in total. The maximum Gasteiger partial charge on any atom is 0.193 e. The molecular formula is C20H38O6SSi. The molecule has 0 radical (unpaired) electrons. The predicted molar refractivity (Wildman–Crippen MR) is 113 cm³/mol. The summed E-state index contributed by atoms with van der Waals surface area (Å²) >= 11 is 1.76. The highest BCUT2D eigenvalue weighted by Gasteiger charge is 2.58. The molecule has 3 aliphatic rings. The number of rotatable bonds is 5. The Morgan fingerprint density at radius 3 is 2.21 bits per heavy atom. The third-order valence-electron chi connectivity index (χ3n) is 6.18.